The largest absolute Gasteiger partial charge is 0.481 e. The smallest absolute Gasteiger partial charge is 0.314 e. The molecule has 0 bridgehead atoms. The molecule has 0 amide bonds. The van der Waals surface area contributed by atoms with Crippen LogP contribution in [0.25, 0.3) is 0 Å². The Morgan fingerprint density at radius 3 is 2.00 bits per heavy atom. The van der Waals surface area contributed by atoms with Gasteiger partial charge in [0.2, 0.25) is 5.92 Å². The fourth-order valence-electron chi connectivity index (χ4n) is 2.75. The monoisotopic (exact) mass is 283 g/mol. The maximum atomic E-state index is 13.3. The molecule has 3 nitrogen and oxygen atoms in total. The quantitative estimate of drug-likeness (QED) is 0.925. The molecular formula is C15H19F2NO2. The lowest BCUT2D eigenvalue weighted by Crippen LogP contribution is -2.42. The molecule has 0 unspecified atom stereocenters. The van der Waals surface area contributed by atoms with Gasteiger partial charge in [-0.15, -0.1) is 0 Å². The third-order valence-corrected chi connectivity index (χ3v) is 4.18. The van der Waals surface area contributed by atoms with Gasteiger partial charge >= 0.3 is 5.97 Å². The number of hydrogen-bond donors (Lipinski definition) is 1. The van der Waals surface area contributed by atoms with Gasteiger partial charge in [0.1, 0.15) is 0 Å². The SMILES string of the molecule is CN(C)c1ccc(C2(C(=O)O)CCC(F)(F)CC2)cc1. The van der Waals surface area contributed by atoms with E-state index in [4.69, 9.17) is 0 Å². The van der Waals surface area contributed by atoms with E-state index in [2.05, 4.69) is 0 Å². The number of nitrogens with zero attached hydrogens (tertiary/aromatic N) is 1. The van der Waals surface area contributed by atoms with Gasteiger partial charge < -0.3 is 10.0 Å². The summed E-state index contributed by atoms with van der Waals surface area (Å²) in [6.45, 7) is 0. The number of rotatable bonds is 3. The minimum Gasteiger partial charge on any atom is -0.481 e. The summed E-state index contributed by atoms with van der Waals surface area (Å²) >= 11 is 0. The zero-order valence-electron chi connectivity index (χ0n) is 11.7. The van der Waals surface area contributed by atoms with Crippen molar-refractivity contribution >= 4 is 11.7 Å². The average Bonchev–Trinajstić information content (AvgIpc) is 2.39. The van der Waals surface area contributed by atoms with E-state index in [0.717, 1.165) is 5.69 Å². The topological polar surface area (TPSA) is 40.5 Å². The molecule has 0 spiro atoms. The fraction of sp³-hybridized carbons (Fsp3) is 0.533. The van der Waals surface area contributed by atoms with Crippen LogP contribution in [0, 0.1) is 0 Å². The highest BCUT2D eigenvalue weighted by atomic mass is 19.3. The van der Waals surface area contributed by atoms with Crippen molar-refractivity contribution in [2.75, 3.05) is 19.0 Å². The maximum Gasteiger partial charge on any atom is 0.314 e. The third kappa shape index (κ3) is 2.62. The van der Waals surface area contributed by atoms with E-state index in [1.807, 2.05) is 31.1 Å². The first-order valence-electron chi connectivity index (χ1n) is 6.66. The summed E-state index contributed by atoms with van der Waals surface area (Å²) in [5, 5.41) is 9.54. The minimum atomic E-state index is -2.73. The third-order valence-electron chi connectivity index (χ3n) is 4.18. The Kier molecular flexibility index (Phi) is 3.71. The highest BCUT2D eigenvalue weighted by Crippen LogP contribution is 2.45. The summed E-state index contributed by atoms with van der Waals surface area (Å²) in [4.78, 5) is 13.6. The second kappa shape index (κ2) is 5.04. The number of carboxylic acids is 1. The summed E-state index contributed by atoms with van der Waals surface area (Å²) < 4.78 is 26.6. The van der Waals surface area contributed by atoms with Gasteiger partial charge in [0, 0.05) is 32.6 Å². The Hall–Kier alpha value is -1.65. The van der Waals surface area contributed by atoms with Gasteiger partial charge in [0.15, 0.2) is 0 Å². The van der Waals surface area contributed by atoms with Gasteiger partial charge in [-0.2, -0.15) is 0 Å². The van der Waals surface area contributed by atoms with Crippen molar-refractivity contribution in [1.29, 1.82) is 0 Å². The molecule has 1 fully saturated rings. The average molecular weight is 283 g/mol. The molecule has 1 aliphatic carbocycles. The number of benzene rings is 1. The van der Waals surface area contributed by atoms with Crippen LogP contribution in [0.3, 0.4) is 0 Å². The Labute approximate surface area is 117 Å². The van der Waals surface area contributed by atoms with Gasteiger partial charge in [0.05, 0.1) is 5.41 Å². The molecule has 1 aromatic carbocycles. The van der Waals surface area contributed by atoms with E-state index in [-0.39, 0.29) is 25.7 Å². The first-order chi connectivity index (χ1) is 9.27. The summed E-state index contributed by atoms with van der Waals surface area (Å²) in [6.07, 6.45) is -0.767. The highest BCUT2D eigenvalue weighted by Gasteiger charge is 2.48. The molecule has 0 aliphatic heterocycles. The summed E-state index contributed by atoms with van der Waals surface area (Å²) in [5.74, 6) is -3.74. The van der Waals surface area contributed by atoms with Crippen LogP contribution in [0.4, 0.5) is 14.5 Å². The number of aliphatic carboxylic acids is 1. The van der Waals surface area contributed by atoms with Crippen molar-refractivity contribution in [3.63, 3.8) is 0 Å². The van der Waals surface area contributed by atoms with Crippen molar-refractivity contribution < 1.29 is 18.7 Å². The van der Waals surface area contributed by atoms with Gasteiger partial charge in [0.25, 0.3) is 0 Å². The first kappa shape index (κ1) is 14.8. The number of carbonyl (C=O) groups is 1. The Morgan fingerprint density at radius 1 is 1.10 bits per heavy atom. The first-order valence-corrected chi connectivity index (χ1v) is 6.66. The Morgan fingerprint density at radius 2 is 1.60 bits per heavy atom. The predicted octanol–water partition coefficient (Wildman–Crippen LogP) is 3.28. The summed E-state index contributed by atoms with van der Waals surface area (Å²) in [7, 11) is 3.78. The molecule has 1 N–H and O–H groups in total. The molecule has 20 heavy (non-hydrogen) atoms. The minimum absolute atomic E-state index is 0.0172. The number of hydrogen-bond acceptors (Lipinski definition) is 2. The normalized spacial score (nSPS) is 20.4. The van der Waals surface area contributed by atoms with Crippen LogP contribution in [-0.4, -0.2) is 31.1 Å². The van der Waals surface area contributed by atoms with E-state index in [9.17, 15) is 18.7 Å². The molecule has 1 saturated carbocycles. The van der Waals surface area contributed by atoms with Gasteiger partial charge in [-0.3, -0.25) is 4.79 Å². The van der Waals surface area contributed by atoms with Crippen LogP contribution in [0.15, 0.2) is 24.3 Å². The predicted molar refractivity (Wildman–Crippen MR) is 73.5 cm³/mol. The van der Waals surface area contributed by atoms with E-state index in [1.54, 1.807) is 12.1 Å². The Bertz CT molecular complexity index is 487. The van der Waals surface area contributed by atoms with Crippen molar-refractivity contribution in [2.24, 2.45) is 0 Å². The zero-order chi connectivity index (χ0) is 15.0. The summed E-state index contributed by atoms with van der Waals surface area (Å²) in [5.41, 5.74) is 0.397. The lowest BCUT2D eigenvalue weighted by atomic mass is 9.68. The van der Waals surface area contributed by atoms with Gasteiger partial charge in [-0.1, -0.05) is 12.1 Å². The molecule has 0 heterocycles. The van der Waals surface area contributed by atoms with Crippen molar-refractivity contribution in [3.05, 3.63) is 29.8 Å². The molecular weight excluding hydrogens is 264 g/mol. The van der Waals surface area contributed by atoms with Gasteiger partial charge in [-0.05, 0) is 30.5 Å². The molecule has 1 aliphatic rings. The lowest BCUT2D eigenvalue weighted by molar-refractivity contribution is -0.149. The number of anilines is 1. The molecule has 110 valence electrons. The molecule has 5 heteroatoms. The zero-order valence-corrected chi connectivity index (χ0v) is 11.7. The van der Waals surface area contributed by atoms with Crippen molar-refractivity contribution in [1.82, 2.24) is 0 Å². The van der Waals surface area contributed by atoms with E-state index < -0.39 is 17.3 Å². The Balaban J connectivity index is 2.32. The summed E-state index contributed by atoms with van der Waals surface area (Å²) in [6, 6.07) is 7.14. The molecule has 0 aromatic heterocycles. The van der Waals surface area contributed by atoms with Crippen LogP contribution in [0.2, 0.25) is 0 Å². The van der Waals surface area contributed by atoms with Crippen molar-refractivity contribution in [2.45, 2.75) is 37.0 Å². The molecule has 0 atom stereocenters. The molecule has 0 saturated heterocycles. The molecule has 1 aromatic rings. The highest BCUT2D eigenvalue weighted by molar-refractivity contribution is 5.81. The van der Waals surface area contributed by atoms with E-state index >= 15 is 0 Å². The van der Waals surface area contributed by atoms with E-state index in [1.165, 1.54) is 0 Å². The van der Waals surface area contributed by atoms with Crippen molar-refractivity contribution in [3.8, 4) is 0 Å². The van der Waals surface area contributed by atoms with Crippen LogP contribution in [-0.2, 0) is 10.2 Å². The fourth-order valence-corrected chi connectivity index (χ4v) is 2.75. The second-order valence-corrected chi connectivity index (χ2v) is 5.68. The molecule has 2 rings (SSSR count). The van der Waals surface area contributed by atoms with Gasteiger partial charge in [-0.25, -0.2) is 8.78 Å². The van der Waals surface area contributed by atoms with E-state index in [0.29, 0.717) is 5.56 Å². The van der Waals surface area contributed by atoms with Crippen LogP contribution in [0.5, 0.6) is 0 Å². The number of alkyl halides is 2. The standard InChI is InChI=1S/C15H19F2NO2/c1-18(2)12-5-3-11(4-6-12)14(13(19)20)7-9-15(16,17)10-8-14/h3-6H,7-10H2,1-2H3,(H,19,20). The molecule has 0 radical (unpaired) electrons. The second-order valence-electron chi connectivity index (χ2n) is 5.68. The number of halogens is 2. The number of carboxylic acid groups (broad SMARTS) is 1. The lowest BCUT2D eigenvalue weighted by Gasteiger charge is -2.37. The van der Waals surface area contributed by atoms with Crippen LogP contribution < -0.4 is 4.90 Å². The maximum absolute atomic E-state index is 13.3. The van der Waals surface area contributed by atoms with Crippen LogP contribution >= 0.6 is 0 Å². The van der Waals surface area contributed by atoms with Crippen LogP contribution in [0.1, 0.15) is 31.2 Å².